The minimum atomic E-state index is 0.753. The van der Waals surface area contributed by atoms with Gasteiger partial charge in [0.05, 0.1) is 0 Å². The van der Waals surface area contributed by atoms with Crippen LogP contribution in [-0.2, 0) is 19.5 Å². The summed E-state index contributed by atoms with van der Waals surface area (Å²) in [5.41, 5.74) is 4.33. The van der Waals surface area contributed by atoms with E-state index in [-0.39, 0.29) is 0 Å². The average Bonchev–Trinajstić information content (AvgIpc) is 3.00. The minimum Gasteiger partial charge on any atom is -0.345 e. The van der Waals surface area contributed by atoms with Crippen LogP contribution in [0.4, 0.5) is 0 Å². The van der Waals surface area contributed by atoms with E-state index in [4.69, 9.17) is 0 Å². The van der Waals surface area contributed by atoms with Gasteiger partial charge in [0, 0.05) is 50.7 Å². The molecule has 1 N–H and O–H groups in total. The van der Waals surface area contributed by atoms with Gasteiger partial charge in [-0.2, -0.15) is 0 Å². The molecule has 2 aliphatic heterocycles. The van der Waals surface area contributed by atoms with Gasteiger partial charge in [0.25, 0.3) is 0 Å². The lowest BCUT2D eigenvalue weighted by Gasteiger charge is -2.40. The maximum atomic E-state index is 4.30. The van der Waals surface area contributed by atoms with Crippen molar-refractivity contribution in [3.63, 3.8) is 0 Å². The lowest BCUT2D eigenvalue weighted by molar-refractivity contribution is 0.0944. The molecule has 1 aromatic carbocycles. The number of likely N-dealkylation sites (tertiary alicyclic amines) is 1. The SMILES string of the molecule is Cc1ncc(CN2CCC(N3CCc4ccccc4C3)CC2)[nH]1. The smallest absolute Gasteiger partial charge is 0.103 e. The van der Waals surface area contributed by atoms with E-state index in [0.29, 0.717) is 0 Å². The fourth-order valence-corrected chi connectivity index (χ4v) is 4.06. The summed E-state index contributed by atoms with van der Waals surface area (Å²) in [7, 11) is 0. The summed E-state index contributed by atoms with van der Waals surface area (Å²) >= 11 is 0. The number of nitrogens with one attached hydrogen (secondary N) is 1. The number of aromatic nitrogens is 2. The third-order valence-corrected chi connectivity index (χ3v) is 5.38. The van der Waals surface area contributed by atoms with Crippen LogP contribution in [0.1, 0.15) is 35.5 Å². The van der Waals surface area contributed by atoms with E-state index in [2.05, 4.69) is 44.0 Å². The van der Waals surface area contributed by atoms with E-state index in [1.165, 1.54) is 50.2 Å². The molecule has 0 atom stereocenters. The molecule has 0 bridgehead atoms. The summed E-state index contributed by atoms with van der Waals surface area (Å²) in [6.07, 6.45) is 5.76. The molecule has 0 unspecified atom stereocenters. The molecule has 0 radical (unpaired) electrons. The number of benzene rings is 1. The molecule has 4 rings (SSSR count). The molecule has 0 aliphatic carbocycles. The third kappa shape index (κ3) is 3.33. The molecule has 4 nitrogen and oxygen atoms in total. The highest BCUT2D eigenvalue weighted by atomic mass is 15.2. The van der Waals surface area contributed by atoms with Crippen LogP contribution >= 0.6 is 0 Å². The molecule has 0 amide bonds. The molecule has 0 saturated carbocycles. The van der Waals surface area contributed by atoms with Crippen molar-refractivity contribution in [3.8, 4) is 0 Å². The van der Waals surface area contributed by atoms with Crippen molar-refractivity contribution in [1.82, 2.24) is 19.8 Å². The number of aromatic amines is 1. The highest BCUT2D eigenvalue weighted by molar-refractivity contribution is 5.29. The lowest BCUT2D eigenvalue weighted by Crippen LogP contribution is -2.46. The van der Waals surface area contributed by atoms with E-state index < -0.39 is 0 Å². The maximum Gasteiger partial charge on any atom is 0.103 e. The molecular formula is C19H26N4. The first-order chi connectivity index (χ1) is 11.3. The molecule has 0 spiro atoms. The summed E-state index contributed by atoms with van der Waals surface area (Å²) in [5, 5.41) is 0. The van der Waals surface area contributed by atoms with Crippen molar-refractivity contribution < 1.29 is 0 Å². The molecule has 1 fully saturated rings. The summed E-state index contributed by atoms with van der Waals surface area (Å²) in [6.45, 7) is 7.78. The number of nitrogens with zero attached hydrogens (tertiary/aromatic N) is 3. The van der Waals surface area contributed by atoms with Gasteiger partial charge in [-0.1, -0.05) is 24.3 Å². The van der Waals surface area contributed by atoms with Crippen molar-refractivity contribution in [3.05, 3.63) is 53.1 Å². The molecule has 3 heterocycles. The van der Waals surface area contributed by atoms with Crippen molar-refractivity contribution in [2.45, 2.75) is 45.3 Å². The van der Waals surface area contributed by atoms with Gasteiger partial charge in [-0.05, 0) is 37.3 Å². The van der Waals surface area contributed by atoms with Crippen molar-refractivity contribution in [2.24, 2.45) is 0 Å². The first-order valence-electron chi connectivity index (χ1n) is 8.81. The second-order valence-corrected chi connectivity index (χ2v) is 6.99. The Kier molecular flexibility index (Phi) is 4.19. The number of hydrogen-bond donors (Lipinski definition) is 1. The Morgan fingerprint density at radius 1 is 1.13 bits per heavy atom. The fourth-order valence-electron chi connectivity index (χ4n) is 4.06. The zero-order chi connectivity index (χ0) is 15.6. The van der Waals surface area contributed by atoms with Crippen LogP contribution in [0, 0.1) is 6.92 Å². The molecule has 1 aromatic heterocycles. The Hall–Kier alpha value is -1.65. The van der Waals surface area contributed by atoms with Gasteiger partial charge in [-0.25, -0.2) is 4.98 Å². The molecule has 1 saturated heterocycles. The number of piperidine rings is 1. The van der Waals surface area contributed by atoms with Crippen molar-refractivity contribution in [2.75, 3.05) is 19.6 Å². The summed E-state index contributed by atoms with van der Waals surface area (Å²) < 4.78 is 0. The highest BCUT2D eigenvalue weighted by Gasteiger charge is 2.27. The fraction of sp³-hybridized carbons (Fsp3) is 0.526. The topological polar surface area (TPSA) is 35.2 Å². The number of rotatable bonds is 3. The van der Waals surface area contributed by atoms with Gasteiger partial charge in [0.15, 0.2) is 0 Å². The van der Waals surface area contributed by atoms with E-state index in [9.17, 15) is 0 Å². The zero-order valence-corrected chi connectivity index (χ0v) is 14.0. The Morgan fingerprint density at radius 2 is 1.91 bits per heavy atom. The van der Waals surface area contributed by atoms with Crippen molar-refractivity contribution >= 4 is 0 Å². The number of H-pyrrole nitrogens is 1. The van der Waals surface area contributed by atoms with Gasteiger partial charge >= 0.3 is 0 Å². The summed E-state index contributed by atoms with van der Waals surface area (Å²) in [5.74, 6) is 1.02. The van der Waals surface area contributed by atoms with Gasteiger partial charge in [-0.3, -0.25) is 9.80 Å². The first kappa shape index (κ1) is 14.9. The third-order valence-electron chi connectivity index (χ3n) is 5.38. The predicted molar refractivity (Wildman–Crippen MR) is 92.2 cm³/mol. The molecule has 23 heavy (non-hydrogen) atoms. The minimum absolute atomic E-state index is 0.753. The van der Waals surface area contributed by atoms with Crippen molar-refractivity contribution in [1.29, 1.82) is 0 Å². The number of aryl methyl sites for hydroxylation is 1. The standard InChI is InChI=1S/C19H26N4/c1-15-20-12-18(21-15)14-22-9-7-19(8-10-22)23-11-6-16-4-2-3-5-17(16)13-23/h2-5,12,19H,6-11,13-14H2,1H3,(H,20,21). The normalized spacial score (nSPS) is 20.6. The Balaban J connectivity index is 1.32. The second-order valence-electron chi connectivity index (χ2n) is 6.99. The van der Waals surface area contributed by atoms with E-state index in [1.807, 2.05) is 13.1 Å². The quantitative estimate of drug-likeness (QED) is 0.947. The van der Waals surface area contributed by atoms with Gasteiger partial charge in [0.2, 0.25) is 0 Å². The van der Waals surface area contributed by atoms with E-state index in [0.717, 1.165) is 25.0 Å². The Bertz CT molecular complexity index is 655. The predicted octanol–water partition coefficient (Wildman–Crippen LogP) is 2.74. The van der Waals surface area contributed by atoms with Gasteiger partial charge in [0.1, 0.15) is 5.82 Å². The second kappa shape index (κ2) is 6.46. The van der Waals surface area contributed by atoms with Crippen LogP contribution in [0.15, 0.2) is 30.5 Å². The largest absolute Gasteiger partial charge is 0.345 e. The van der Waals surface area contributed by atoms with Crippen LogP contribution in [0.3, 0.4) is 0 Å². The van der Waals surface area contributed by atoms with Crippen LogP contribution in [0.2, 0.25) is 0 Å². The first-order valence-corrected chi connectivity index (χ1v) is 8.81. The number of fused-ring (bicyclic) bond motifs is 1. The molecule has 2 aliphatic rings. The maximum absolute atomic E-state index is 4.30. The van der Waals surface area contributed by atoms with Crippen LogP contribution < -0.4 is 0 Å². The average molecular weight is 310 g/mol. The van der Waals surface area contributed by atoms with E-state index in [1.54, 1.807) is 5.56 Å². The van der Waals surface area contributed by atoms with Gasteiger partial charge in [-0.15, -0.1) is 0 Å². The number of imidazole rings is 1. The summed E-state index contributed by atoms with van der Waals surface area (Å²) in [4.78, 5) is 12.9. The lowest BCUT2D eigenvalue weighted by atomic mass is 9.95. The van der Waals surface area contributed by atoms with Crippen LogP contribution in [-0.4, -0.2) is 45.4 Å². The zero-order valence-electron chi connectivity index (χ0n) is 14.0. The molecular weight excluding hydrogens is 284 g/mol. The molecule has 2 aromatic rings. The Labute approximate surface area is 138 Å². The molecule has 4 heteroatoms. The van der Waals surface area contributed by atoms with Crippen LogP contribution in [0.5, 0.6) is 0 Å². The summed E-state index contributed by atoms with van der Waals surface area (Å²) in [6, 6.07) is 9.70. The monoisotopic (exact) mass is 310 g/mol. The van der Waals surface area contributed by atoms with Crippen LogP contribution in [0.25, 0.3) is 0 Å². The highest BCUT2D eigenvalue weighted by Crippen LogP contribution is 2.25. The van der Waals surface area contributed by atoms with Gasteiger partial charge < -0.3 is 4.98 Å². The number of hydrogen-bond acceptors (Lipinski definition) is 3. The Morgan fingerprint density at radius 3 is 2.65 bits per heavy atom. The van der Waals surface area contributed by atoms with E-state index >= 15 is 0 Å². The molecule has 122 valence electrons.